The highest BCUT2D eigenvalue weighted by Gasteiger charge is 2.30. The zero-order valence-corrected chi connectivity index (χ0v) is 19.5. The standard InChI is InChI=1S/C27H26N2O3S/c1-19-6-5-7-20(16-19)14-15-28-26(30)18-29-23-8-3-4-9-24(23)33-25(27(29)31)17-21-10-12-22(32-2)13-11-21/h3-13,16-17H,14-15,18H2,1-2H3,(H,28,30)/b25-17-. The van der Waals surface area contributed by atoms with E-state index in [1.165, 1.54) is 22.9 Å². The summed E-state index contributed by atoms with van der Waals surface area (Å²) in [6.45, 7) is 2.55. The average molecular weight is 459 g/mol. The van der Waals surface area contributed by atoms with E-state index in [1.807, 2.05) is 60.7 Å². The molecule has 0 atom stereocenters. The number of hydrogen-bond donors (Lipinski definition) is 1. The van der Waals surface area contributed by atoms with Crippen LogP contribution >= 0.6 is 11.8 Å². The number of methoxy groups -OCH3 is 1. The van der Waals surface area contributed by atoms with Crippen LogP contribution in [0.15, 0.2) is 82.6 Å². The van der Waals surface area contributed by atoms with Crippen molar-refractivity contribution in [3.05, 3.63) is 94.4 Å². The molecule has 0 unspecified atom stereocenters. The van der Waals surface area contributed by atoms with E-state index in [9.17, 15) is 9.59 Å². The summed E-state index contributed by atoms with van der Waals surface area (Å²) in [6.07, 6.45) is 2.60. The summed E-state index contributed by atoms with van der Waals surface area (Å²) in [5.74, 6) is 0.402. The van der Waals surface area contributed by atoms with Crippen molar-refractivity contribution in [1.29, 1.82) is 0 Å². The van der Waals surface area contributed by atoms with Gasteiger partial charge >= 0.3 is 0 Å². The van der Waals surface area contributed by atoms with Crippen molar-refractivity contribution in [3.63, 3.8) is 0 Å². The maximum absolute atomic E-state index is 13.3. The molecule has 0 saturated carbocycles. The van der Waals surface area contributed by atoms with Gasteiger partial charge in [0.15, 0.2) is 0 Å². The summed E-state index contributed by atoms with van der Waals surface area (Å²) < 4.78 is 5.21. The van der Waals surface area contributed by atoms with E-state index < -0.39 is 0 Å². The van der Waals surface area contributed by atoms with E-state index in [4.69, 9.17) is 4.74 Å². The minimum atomic E-state index is -0.179. The third kappa shape index (κ3) is 5.65. The molecule has 0 bridgehead atoms. The molecule has 1 heterocycles. The molecule has 2 amide bonds. The monoisotopic (exact) mass is 458 g/mol. The molecule has 4 rings (SSSR count). The summed E-state index contributed by atoms with van der Waals surface area (Å²) in [5, 5.41) is 2.95. The largest absolute Gasteiger partial charge is 0.497 e. The minimum absolute atomic E-state index is 0.0236. The second kappa shape index (κ2) is 10.4. The molecule has 33 heavy (non-hydrogen) atoms. The van der Waals surface area contributed by atoms with Crippen molar-refractivity contribution in [2.24, 2.45) is 0 Å². The van der Waals surface area contributed by atoms with Gasteiger partial charge in [0.05, 0.1) is 17.7 Å². The van der Waals surface area contributed by atoms with Crippen molar-refractivity contribution in [2.75, 3.05) is 25.1 Å². The van der Waals surface area contributed by atoms with E-state index in [1.54, 1.807) is 12.0 Å². The molecule has 0 aromatic heterocycles. The van der Waals surface area contributed by atoms with Gasteiger partial charge in [-0.2, -0.15) is 0 Å². The maximum atomic E-state index is 13.3. The first-order valence-electron chi connectivity index (χ1n) is 10.8. The fraction of sp³-hybridized carbons (Fsp3) is 0.185. The number of para-hydroxylation sites is 1. The molecule has 1 N–H and O–H groups in total. The molecule has 1 aliphatic rings. The number of benzene rings is 3. The smallest absolute Gasteiger partial charge is 0.265 e. The van der Waals surface area contributed by atoms with E-state index in [-0.39, 0.29) is 18.4 Å². The van der Waals surface area contributed by atoms with Crippen LogP contribution in [0.25, 0.3) is 6.08 Å². The van der Waals surface area contributed by atoms with Gasteiger partial charge in [-0.3, -0.25) is 14.5 Å². The summed E-state index contributed by atoms with van der Waals surface area (Å²) in [5.41, 5.74) is 4.03. The Kier molecular flexibility index (Phi) is 7.15. The summed E-state index contributed by atoms with van der Waals surface area (Å²) in [6, 6.07) is 23.4. The number of fused-ring (bicyclic) bond motifs is 1. The number of carbonyl (C=O) groups is 2. The SMILES string of the molecule is COc1ccc(/C=C2\Sc3ccccc3N(CC(=O)NCCc3cccc(C)c3)C2=O)cc1. The van der Waals surface area contributed by atoms with Crippen LogP contribution in [0.2, 0.25) is 0 Å². The Balaban J connectivity index is 1.47. The molecular formula is C27H26N2O3S. The topological polar surface area (TPSA) is 58.6 Å². The van der Waals surface area contributed by atoms with E-state index >= 15 is 0 Å². The summed E-state index contributed by atoms with van der Waals surface area (Å²) >= 11 is 1.42. The number of hydrogen-bond acceptors (Lipinski definition) is 4. The Labute approximate surface area is 198 Å². The van der Waals surface area contributed by atoms with Crippen LogP contribution in [-0.4, -0.2) is 32.0 Å². The summed E-state index contributed by atoms with van der Waals surface area (Å²) in [4.78, 5) is 29.1. The Hall–Kier alpha value is -3.51. The molecule has 168 valence electrons. The fourth-order valence-corrected chi connectivity index (χ4v) is 4.74. The molecule has 0 aliphatic carbocycles. The van der Waals surface area contributed by atoms with Crippen molar-refractivity contribution >= 4 is 35.3 Å². The second-order valence-electron chi connectivity index (χ2n) is 7.83. The Bertz CT molecular complexity index is 1190. The van der Waals surface area contributed by atoms with Crippen LogP contribution < -0.4 is 15.0 Å². The Morgan fingerprint density at radius 2 is 1.85 bits per heavy atom. The number of amides is 2. The maximum Gasteiger partial charge on any atom is 0.265 e. The third-order valence-electron chi connectivity index (χ3n) is 5.37. The summed E-state index contributed by atoms with van der Waals surface area (Å²) in [7, 11) is 1.62. The highest BCUT2D eigenvalue weighted by molar-refractivity contribution is 8.04. The quantitative estimate of drug-likeness (QED) is 0.515. The van der Waals surface area contributed by atoms with Crippen LogP contribution in [-0.2, 0) is 16.0 Å². The second-order valence-corrected chi connectivity index (χ2v) is 8.92. The molecule has 3 aromatic rings. The van der Waals surface area contributed by atoms with Gasteiger partial charge < -0.3 is 10.1 Å². The van der Waals surface area contributed by atoms with Crippen molar-refractivity contribution in [2.45, 2.75) is 18.2 Å². The Morgan fingerprint density at radius 3 is 2.61 bits per heavy atom. The van der Waals surface area contributed by atoms with Gasteiger partial charge in [0.2, 0.25) is 5.91 Å². The molecule has 0 fully saturated rings. The molecule has 5 nitrogen and oxygen atoms in total. The van der Waals surface area contributed by atoms with E-state index in [2.05, 4.69) is 30.4 Å². The third-order valence-corrected chi connectivity index (χ3v) is 6.44. The molecule has 6 heteroatoms. The van der Waals surface area contributed by atoms with Gasteiger partial charge in [0.1, 0.15) is 12.3 Å². The number of thioether (sulfide) groups is 1. The number of anilines is 1. The predicted molar refractivity (Wildman–Crippen MR) is 134 cm³/mol. The first-order chi connectivity index (χ1) is 16.0. The molecule has 3 aromatic carbocycles. The predicted octanol–water partition coefficient (Wildman–Crippen LogP) is 4.84. The van der Waals surface area contributed by atoms with Crippen LogP contribution in [0.3, 0.4) is 0 Å². The van der Waals surface area contributed by atoms with Gasteiger partial charge in [-0.25, -0.2) is 0 Å². The lowest BCUT2D eigenvalue weighted by Gasteiger charge is -2.29. The lowest BCUT2D eigenvalue weighted by atomic mass is 10.1. The lowest BCUT2D eigenvalue weighted by Crippen LogP contribution is -2.43. The number of nitrogens with one attached hydrogen (secondary N) is 1. The number of rotatable bonds is 7. The van der Waals surface area contributed by atoms with E-state index in [0.29, 0.717) is 11.4 Å². The number of carbonyl (C=O) groups excluding carboxylic acids is 2. The van der Waals surface area contributed by atoms with Crippen LogP contribution in [0.5, 0.6) is 5.75 Å². The average Bonchev–Trinajstić information content (AvgIpc) is 2.82. The zero-order chi connectivity index (χ0) is 23.2. The normalized spacial score (nSPS) is 14.2. The van der Waals surface area contributed by atoms with Gasteiger partial charge in [-0.05, 0) is 54.8 Å². The van der Waals surface area contributed by atoms with Gasteiger partial charge in [-0.1, -0.05) is 65.9 Å². The van der Waals surface area contributed by atoms with E-state index in [0.717, 1.165) is 28.3 Å². The first kappa shape index (κ1) is 22.7. The molecule has 0 radical (unpaired) electrons. The highest BCUT2D eigenvalue weighted by atomic mass is 32.2. The van der Waals surface area contributed by atoms with Crippen molar-refractivity contribution < 1.29 is 14.3 Å². The van der Waals surface area contributed by atoms with Crippen LogP contribution in [0.4, 0.5) is 5.69 Å². The molecule has 1 aliphatic heterocycles. The lowest BCUT2D eigenvalue weighted by molar-refractivity contribution is -0.122. The number of ether oxygens (including phenoxy) is 1. The Morgan fingerprint density at radius 1 is 1.06 bits per heavy atom. The van der Waals surface area contributed by atoms with Crippen molar-refractivity contribution in [3.8, 4) is 5.75 Å². The number of aryl methyl sites for hydroxylation is 1. The van der Waals surface area contributed by atoms with Crippen LogP contribution in [0.1, 0.15) is 16.7 Å². The first-order valence-corrected chi connectivity index (χ1v) is 11.6. The fourth-order valence-electron chi connectivity index (χ4n) is 3.68. The molecule has 0 saturated heterocycles. The van der Waals surface area contributed by atoms with Gasteiger partial charge in [0.25, 0.3) is 5.91 Å². The van der Waals surface area contributed by atoms with Crippen molar-refractivity contribution in [1.82, 2.24) is 5.32 Å². The minimum Gasteiger partial charge on any atom is -0.497 e. The number of nitrogens with zero attached hydrogens (tertiary/aromatic N) is 1. The van der Waals surface area contributed by atoms with Gasteiger partial charge in [0, 0.05) is 11.4 Å². The molecule has 0 spiro atoms. The van der Waals surface area contributed by atoms with Crippen LogP contribution in [0, 0.1) is 6.92 Å². The zero-order valence-electron chi connectivity index (χ0n) is 18.7. The molecular weight excluding hydrogens is 432 g/mol. The van der Waals surface area contributed by atoms with Gasteiger partial charge in [-0.15, -0.1) is 0 Å². The highest BCUT2D eigenvalue weighted by Crippen LogP contribution is 2.41.